The predicted octanol–water partition coefficient (Wildman–Crippen LogP) is 6.37. The second kappa shape index (κ2) is 6.52. The van der Waals surface area contributed by atoms with Crippen LogP contribution in [0.4, 0.5) is 0 Å². The first-order chi connectivity index (χ1) is 12.2. The van der Waals surface area contributed by atoms with E-state index in [4.69, 9.17) is 0 Å². The lowest BCUT2D eigenvalue weighted by molar-refractivity contribution is 0.0976. The molecule has 0 amide bonds. The lowest BCUT2D eigenvalue weighted by atomic mass is 9.91. The van der Waals surface area contributed by atoms with Crippen molar-refractivity contribution >= 4 is 27.3 Å². The molecule has 0 saturated carbocycles. The topological polar surface area (TPSA) is 17.1 Å². The number of hydrogen-bond donors (Lipinski definition) is 0. The van der Waals surface area contributed by atoms with Gasteiger partial charge in [-0.05, 0) is 39.1 Å². The van der Waals surface area contributed by atoms with Crippen LogP contribution in [0, 0.1) is 0 Å². The normalized spacial score (nSPS) is 12.4. The number of benzene rings is 4. The van der Waals surface area contributed by atoms with E-state index in [-0.39, 0.29) is 11.7 Å². The number of Topliss-reactive ketones (excluding diaryl/α,β-unsaturated/α-hetero) is 1. The predicted molar refractivity (Wildman–Crippen MR) is 105 cm³/mol. The van der Waals surface area contributed by atoms with Gasteiger partial charge in [-0.15, -0.1) is 0 Å². The van der Waals surface area contributed by atoms with Gasteiger partial charge in [-0.1, -0.05) is 85.8 Å². The van der Waals surface area contributed by atoms with Crippen LogP contribution >= 0.6 is 0 Å². The summed E-state index contributed by atoms with van der Waals surface area (Å²) >= 11 is 0. The fourth-order valence-corrected chi connectivity index (χ4v) is 3.39. The third-order valence-corrected chi connectivity index (χ3v) is 4.91. The van der Waals surface area contributed by atoms with E-state index in [1.807, 2.05) is 30.3 Å². The summed E-state index contributed by atoms with van der Waals surface area (Å²) in [6.45, 7) is 2.13. The van der Waals surface area contributed by atoms with Crippen LogP contribution < -0.4 is 0 Å². The van der Waals surface area contributed by atoms with Gasteiger partial charge >= 0.3 is 0 Å². The maximum absolute atomic E-state index is 12.7. The maximum atomic E-state index is 12.7. The van der Waals surface area contributed by atoms with E-state index in [9.17, 15) is 4.79 Å². The first-order valence-corrected chi connectivity index (χ1v) is 8.71. The maximum Gasteiger partial charge on any atom is 0.163 e. The largest absolute Gasteiger partial charge is 0.294 e. The number of ketones is 1. The van der Waals surface area contributed by atoms with Crippen molar-refractivity contribution in [2.45, 2.75) is 19.3 Å². The summed E-state index contributed by atoms with van der Waals surface area (Å²) in [7, 11) is 0. The fraction of sp³-hybridized carbons (Fsp3) is 0.125. The summed E-state index contributed by atoms with van der Waals surface area (Å²) in [6.07, 6.45) is 0.524. The van der Waals surface area contributed by atoms with Gasteiger partial charge in [0.2, 0.25) is 0 Å². The summed E-state index contributed by atoms with van der Waals surface area (Å²) in [5.74, 6) is 0.398. The third kappa shape index (κ3) is 3.18. The molecule has 25 heavy (non-hydrogen) atoms. The van der Waals surface area contributed by atoms with Gasteiger partial charge in [0, 0.05) is 12.0 Å². The molecule has 1 atom stereocenters. The molecule has 0 aliphatic heterocycles. The molecule has 0 radical (unpaired) electrons. The van der Waals surface area contributed by atoms with Crippen molar-refractivity contribution in [2.24, 2.45) is 0 Å². The van der Waals surface area contributed by atoms with Crippen LogP contribution in [-0.4, -0.2) is 5.78 Å². The number of carbonyl (C=O) groups excluding carboxylic acids is 1. The lowest BCUT2D eigenvalue weighted by Gasteiger charge is -2.12. The van der Waals surface area contributed by atoms with Gasteiger partial charge in [-0.3, -0.25) is 4.79 Å². The Morgan fingerprint density at radius 2 is 1.28 bits per heavy atom. The quantitative estimate of drug-likeness (QED) is 0.399. The monoisotopic (exact) mass is 324 g/mol. The molecule has 1 nitrogen and oxygen atoms in total. The van der Waals surface area contributed by atoms with Crippen LogP contribution in [0.3, 0.4) is 0 Å². The molecule has 0 N–H and O–H groups in total. The van der Waals surface area contributed by atoms with E-state index < -0.39 is 0 Å². The molecule has 0 fully saturated rings. The molecule has 0 aliphatic carbocycles. The fourth-order valence-electron chi connectivity index (χ4n) is 3.39. The third-order valence-electron chi connectivity index (χ3n) is 4.91. The minimum Gasteiger partial charge on any atom is -0.294 e. The van der Waals surface area contributed by atoms with Crippen molar-refractivity contribution in [3.05, 3.63) is 96.1 Å². The minimum atomic E-state index is 0.198. The Morgan fingerprint density at radius 3 is 1.96 bits per heavy atom. The van der Waals surface area contributed by atoms with Gasteiger partial charge in [0.15, 0.2) is 5.78 Å². The van der Waals surface area contributed by atoms with E-state index in [1.54, 1.807) is 0 Å². The van der Waals surface area contributed by atoms with Crippen LogP contribution in [0.15, 0.2) is 84.9 Å². The van der Waals surface area contributed by atoms with Crippen LogP contribution in [-0.2, 0) is 0 Å². The van der Waals surface area contributed by atoms with Crippen LogP contribution in [0.5, 0.6) is 0 Å². The Bertz CT molecular complexity index is 1060. The zero-order valence-corrected chi connectivity index (χ0v) is 14.3. The SMILES string of the molecule is CC(CC(=O)c1ccc2ccccc2c1)c1ccc2ccccc2c1. The van der Waals surface area contributed by atoms with Crippen molar-refractivity contribution < 1.29 is 4.79 Å². The van der Waals surface area contributed by atoms with E-state index in [2.05, 4.69) is 61.5 Å². The second-order valence-electron chi connectivity index (χ2n) is 6.70. The molecular formula is C24H20O. The van der Waals surface area contributed by atoms with Crippen LogP contribution in [0.2, 0.25) is 0 Å². The molecule has 122 valence electrons. The van der Waals surface area contributed by atoms with Gasteiger partial charge < -0.3 is 0 Å². The molecule has 0 aromatic heterocycles. The van der Waals surface area contributed by atoms with Crippen LogP contribution in [0.1, 0.15) is 35.2 Å². The molecule has 4 rings (SSSR count). The number of fused-ring (bicyclic) bond motifs is 2. The highest BCUT2D eigenvalue weighted by Crippen LogP contribution is 2.26. The lowest BCUT2D eigenvalue weighted by Crippen LogP contribution is -2.05. The average molecular weight is 324 g/mol. The molecule has 1 unspecified atom stereocenters. The second-order valence-corrected chi connectivity index (χ2v) is 6.70. The van der Waals surface area contributed by atoms with E-state index in [1.165, 1.54) is 21.7 Å². The van der Waals surface area contributed by atoms with Gasteiger partial charge in [0.1, 0.15) is 0 Å². The average Bonchev–Trinajstić information content (AvgIpc) is 2.67. The Balaban J connectivity index is 1.57. The van der Waals surface area contributed by atoms with Crippen molar-refractivity contribution in [2.75, 3.05) is 0 Å². The summed E-state index contributed by atoms with van der Waals surface area (Å²) in [5.41, 5.74) is 2.01. The Hall–Kier alpha value is -2.93. The first-order valence-electron chi connectivity index (χ1n) is 8.71. The summed E-state index contributed by atoms with van der Waals surface area (Å²) in [4.78, 5) is 12.7. The Kier molecular flexibility index (Phi) is 4.07. The molecule has 0 saturated heterocycles. The highest BCUT2D eigenvalue weighted by atomic mass is 16.1. The molecule has 4 aromatic carbocycles. The molecule has 0 aliphatic rings. The zero-order chi connectivity index (χ0) is 17.2. The van der Waals surface area contributed by atoms with Crippen molar-refractivity contribution in [3.63, 3.8) is 0 Å². The van der Waals surface area contributed by atoms with Gasteiger partial charge in [0.05, 0.1) is 0 Å². The van der Waals surface area contributed by atoms with Crippen molar-refractivity contribution in [3.8, 4) is 0 Å². The van der Waals surface area contributed by atoms with Crippen LogP contribution in [0.25, 0.3) is 21.5 Å². The molecular weight excluding hydrogens is 304 g/mol. The molecule has 0 bridgehead atoms. The highest BCUT2D eigenvalue weighted by molar-refractivity contribution is 6.00. The number of hydrogen-bond acceptors (Lipinski definition) is 1. The standard InChI is InChI=1S/C24H20O/c1-17(20-12-10-18-6-2-4-8-21(18)15-20)14-24(25)23-13-11-19-7-3-5-9-22(19)16-23/h2-13,15-17H,14H2,1H3. The first kappa shape index (κ1) is 15.6. The van der Waals surface area contributed by atoms with Crippen molar-refractivity contribution in [1.29, 1.82) is 0 Å². The van der Waals surface area contributed by atoms with Gasteiger partial charge in [-0.25, -0.2) is 0 Å². The summed E-state index contributed by atoms with van der Waals surface area (Å²) < 4.78 is 0. The summed E-state index contributed by atoms with van der Waals surface area (Å²) in [5, 5.41) is 4.75. The zero-order valence-electron chi connectivity index (χ0n) is 14.3. The smallest absolute Gasteiger partial charge is 0.163 e. The number of rotatable bonds is 4. The summed E-state index contributed by atoms with van der Waals surface area (Å²) in [6, 6.07) is 29.0. The van der Waals surface area contributed by atoms with E-state index >= 15 is 0 Å². The Labute approximate surface area is 147 Å². The van der Waals surface area contributed by atoms with Crippen molar-refractivity contribution in [1.82, 2.24) is 0 Å². The van der Waals surface area contributed by atoms with E-state index in [0.717, 1.165) is 10.9 Å². The molecule has 0 heterocycles. The Morgan fingerprint density at radius 1 is 0.720 bits per heavy atom. The molecule has 4 aromatic rings. The van der Waals surface area contributed by atoms with Gasteiger partial charge in [0.25, 0.3) is 0 Å². The molecule has 0 spiro atoms. The van der Waals surface area contributed by atoms with Gasteiger partial charge in [-0.2, -0.15) is 0 Å². The number of carbonyl (C=O) groups is 1. The minimum absolute atomic E-state index is 0.198. The highest BCUT2D eigenvalue weighted by Gasteiger charge is 2.14. The van der Waals surface area contributed by atoms with E-state index in [0.29, 0.717) is 6.42 Å². The molecule has 1 heteroatoms.